The molecule has 0 bridgehead atoms. The van der Waals surface area contributed by atoms with Gasteiger partial charge in [-0.25, -0.2) is 0 Å². The lowest BCUT2D eigenvalue weighted by atomic mass is 10.00. The highest BCUT2D eigenvalue weighted by Crippen LogP contribution is 2.22. The van der Waals surface area contributed by atoms with Crippen molar-refractivity contribution in [3.05, 3.63) is 70.4 Å². The molecule has 1 amide bonds. The van der Waals surface area contributed by atoms with Crippen molar-refractivity contribution in [3.8, 4) is 0 Å². The van der Waals surface area contributed by atoms with Crippen LogP contribution in [0.25, 0.3) is 10.8 Å². The van der Waals surface area contributed by atoms with Crippen LogP contribution >= 0.6 is 11.3 Å². The first kappa shape index (κ1) is 19.1. The number of carbonyl (C=O) groups excluding carboxylic acids is 1. The first-order chi connectivity index (χ1) is 13.7. The molecule has 2 heterocycles. The molecule has 4 nitrogen and oxygen atoms in total. The fourth-order valence-electron chi connectivity index (χ4n) is 4.09. The zero-order valence-electron chi connectivity index (χ0n) is 16.4. The molecular formula is C23H29N3OS+2. The standard InChI is InChI=1S/C23H27N3OS/c1-18(21-10-4-7-19-6-2-3-9-22(19)21)24-16-23(27)26-13-11-25(12-14-26)17-20-8-5-15-28-20/h2-10,15,18,24H,11-14,16-17H2,1H3/p+2/t18-/m0/s1. The number of rotatable bonds is 6. The van der Waals surface area contributed by atoms with Gasteiger partial charge in [0.25, 0.3) is 5.91 Å². The molecular weight excluding hydrogens is 366 g/mol. The Labute approximate surface area is 170 Å². The van der Waals surface area contributed by atoms with Gasteiger partial charge >= 0.3 is 0 Å². The van der Waals surface area contributed by atoms with E-state index in [0.29, 0.717) is 6.54 Å². The van der Waals surface area contributed by atoms with Crippen LogP contribution in [0.1, 0.15) is 23.4 Å². The summed E-state index contributed by atoms with van der Waals surface area (Å²) in [4.78, 5) is 17.8. The van der Waals surface area contributed by atoms with Crippen LogP contribution in [-0.2, 0) is 11.3 Å². The Bertz CT molecular complexity index is 911. The molecule has 1 saturated heterocycles. The van der Waals surface area contributed by atoms with Gasteiger partial charge in [0.15, 0.2) is 6.54 Å². The number of fused-ring (bicyclic) bond motifs is 1. The molecule has 5 heteroatoms. The van der Waals surface area contributed by atoms with Crippen molar-refractivity contribution < 1.29 is 15.0 Å². The number of carbonyl (C=O) groups is 1. The van der Waals surface area contributed by atoms with Gasteiger partial charge in [-0.1, -0.05) is 48.5 Å². The van der Waals surface area contributed by atoms with Crippen molar-refractivity contribution in [2.45, 2.75) is 19.5 Å². The lowest BCUT2D eigenvalue weighted by Crippen LogP contribution is -3.13. The number of nitrogens with two attached hydrogens (primary N) is 1. The van der Waals surface area contributed by atoms with Gasteiger partial charge in [-0.05, 0) is 29.1 Å². The lowest BCUT2D eigenvalue weighted by Gasteiger charge is -2.31. The number of thiophene rings is 1. The van der Waals surface area contributed by atoms with Gasteiger partial charge < -0.3 is 15.1 Å². The molecule has 2 aromatic carbocycles. The quantitative estimate of drug-likeness (QED) is 0.652. The molecule has 1 aromatic heterocycles. The van der Waals surface area contributed by atoms with Crippen LogP contribution in [0, 0.1) is 0 Å². The van der Waals surface area contributed by atoms with Gasteiger partial charge in [0.1, 0.15) is 12.6 Å². The van der Waals surface area contributed by atoms with E-state index in [9.17, 15) is 4.79 Å². The smallest absolute Gasteiger partial charge is 0.278 e. The fourth-order valence-corrected chi connectivity index (χ4v) is 4.87. The van der Waals surface area contributed by atoms with Gasteiger partial charge in [0, 0.05) is 5.56 Å². The highest BCUT2D eigenvalue weighted by Gasteiger charge is 2.25. The molecule has 3 N–H and O–H groups in total. The Hall–Kier alpha value is -2.21. The van der Waals surface area contributed by atoms with Crippen molar-refractivity contribution in [2.75, 3.05) is 32.7 Å². The van der Waals surface area contributed by atoms with Crippen molar-refractivity contribution in [2.24, 2.45) is 0 Å². The minimum Gasteiger partial charge on any atom is -0.332 e. The van der Waals surface area contributed by atoms with Gasteiger partial charge in [-0.2, -0.15) is 0 Å². The summed E-state index contributed by atoms with van der Waals surface area (Å²) in [6.45, 7) is 7.63. The number of nitrogens with one attached hydrogen (secondary N) is 1. The molecule has 1 aliphatic heterocycles. The number of piperazine rings is 1. The Balaban J connectivity index is 1.28. The summed E-state index contributed by atoms with van der Waals surface area (Å²) in [5.74, 6) is 0.266. The van der Waals surface area contributed by atoms with Crippen LogP contribution in [-0.4, -0.2) is 43.5 Å². The predicted molar refractivity (Wildman–Crippen MR) is 114 cm³/mol. The van der Waals surface area contributed by atoms with E-state index in [0.717, 1.165) is 32.7 Å². The van der Waals surface area contributed by atoms with Gasteiger partial charge in [0.05, 0.1) is 31.1 Å². The summed E-state index contributed by atoms with van der Waals surface area (Å²) in [6, 6.07) is 19.5. The average molecular weight is 396 g/mol. The summed E-state index contributed by atoms with van der Waals surface area (Å²) in [7, 11) is 0. The second-order valence-corrected chi connectivity index (χ2v) is 8.72. The molecule has 28 heavy (non-hydrogen) atoms. The van der Waals surface area contributed by atoms with E-state index < -0.39 is 0 Å². The summed E-state index contributed by atoms with van der Waals surface area (Å²) < 4.78 is 0. The molecule has 1 fully saturated rings. The number of benzene rings is 2. The van der Waals surface area contributed by atoms with Crippen LogP contribution in [0.3, 0.4) is 0 Å². The predicted octanol–water partition coefficient (Wildman–Crippen LogP) is 1.45. The summed E-state index contributed by atoms with van der Waals surface area (Å²) in [6.07, 6.45) is 0. The molecule has 0 unspecified atom stereocenters. The molecule has 0 radical (unpaired) electrons. The van der Waals surface area contributed by atoms with Crippen LogP contribution < -0.4 is 10.2 Å². The first-order valence-corrected chi connectivity index (χ1v) is 11.0. The highest BCUT2D eigenvalue weighted by atomic mass is 32.1. The van der Waals surface area contributed by atoms with Crippen LogP contribution in [0.2, 0.25) is 0 Å². The summed E-state index contributed by atoms with van der Waals surface area (Å²) in [5, 5.41) is 6.86. The molecule has 146 valence electrons. The third-order valence-corrected chi connectivity index (χ3v) is 6.66. The topological polar surface area (TPSA) is 41.4 Å². The van der Waals surface area contributed by atoms with Crippen LogP contribution in [0.5, 0.6) is 0 Å². The Morgan fingerprint density at radius 2 is 1.89 bits per heavy atom. The molecule has 0 saturated carbocycles. The van der Waals surface area contributed by atoms with E-state index in [1.54, 1.807) is 4.90 Å². The average Bonchev–Trinajstić information content (AvgIpc) is 3.25. The number of nitrogens with zero attached hydrogens (tertiary/aromatic N) is 1. The number of quaternary nitrogens is 2. The van der Waals surface area contributed by atoms with E-state index in [4.69, 9.17) is 0 Å². The Kier molecular flexibility index (Phi) is 6.05. The normalized spacial score (nSPS) is 16.4. The second-order valence-electron chi connectivity index (χ2n) is 7.68. The minimum atomic E-state index is 0.265. The third-order valence-electron chi connectivity index (χ3n) is 5.79. The van der Waals surface area contributed by atoms with Crippen molar-refractivity contribution in [3.63, 3.8) is 0 Å². The summed E-state index contributed by atoms with van der Waals surface area (Å²) in [5.41, 5.74) is 1.30. The summed E-state index contributed by atoms with van der Waals surface area (Å²) >= 11 is 1.83. The van der Waals surface area contributed by atoms with Gasteiger partial charge in [-0.3, -0.25) is 4.79 Å². The van der Waals surface area contributed by atoms with E-state index >= 15 is 0 Å². The molecule has 0 spiro atoms. The fraction of sp³-hybridized carbons (Fsp3) is 0.348. The van der Waals surface area contributed by atoms with Crippen molar-refractivity contribution in [1.29, 1.82) is 0 Å². The molecule has 1 atom stereocenters. The highest BCUT2D eigenvalue weighted by molar-refractivity contribution is 7.09. The maximum Gasteiger partial charge on any atom is 0.278 e. The number of amides is 1. The maximum atomic E-state index is 12.7. The number of hydrogen-bond acceptors (Lipinski definition) is 2. The van der Waals surface area contributed by atoms with Crippen LogP contribution in [0.4, 0.5) is 0 Å². The lowest BCUT2D eigenvalue weighted by molar-refractivity contribution is -0.917. The number of hydrogen-bond donors (Lipinski definition) is 2. The molecule has 4 rings (SSSR count). The molecule has 1 aliphatic rings. The van der Waals surface area contributed by atoms with Crippen molar-refractivity contribution >= 4 is 28.0 Å². The maximum absolute atomic E-state index is 12.7. The minimum absolute atomic E-state index is 0.265. The van der Waals surface area contributed by atoms with E-state index in [2.05, 4.69) is 72.2 Å². The van der Waals surface area contributed by atoms with Gasteiger partial charge in [-0.15, -0.1) is 11.3 Å². The SMILES string of the molecule is C[C@H]([NH2+]CC(=O)N1CC[NH+](Cc2cccs2)CC1)c1cccc2ccccc12. The van der Waals surface area contributed by atoms with Crippen LogP contribution in [0.15, 0.2) is 60.0 Å². The van der Waals surface area contributed by atoms with Crippen molar-refractivity contribution in [1.82, 2.24) is 4.90 Å². The monoisotopic (exact) mass is 395 g/mol. The zero-order valence-corrected chi connectivity index (χ0v) is 17.3. The first-order valence-electron chi connectivity index (χ1n) is 10.2. The second kappa shape index (κ2) is 8.86. The largest absolute Gasteiger partial charge is 0.332 e. The Morgan fingerprint density at radius 1 is 1.11 bits per heavy atom. The van der Waals surface area contributed by atoms with E-state index in [1.807, 2.05) is 16.2 Å². The molecule has 3 aromatic rings. The Morgan fingerprint density at radius 3 is 2.68 bits per heavy atom. The zero-order chi connectivity index (χ0) is 19.3. The molecule has 0 aliphatic carbocycles. The van der Waals surface area contributed by atoms with Gasteiger partial charge in [0.2, 0.25) is 0 Å². The van der Waals surface area contributed by atoms with E-state index in [1.165, 1.54) is 21.2 Å². The van der Waals surface area contributed by atoms with E-state index in [-0.39, 0.29) is 11.9 Å². The third kappa shape index (κ3) is 4.43.